The van der Waals surface area contributed by atoms with Crippen LogP contribution in [0.5, 0.6) is 0 Å². The molecule has 0 radical (unpaired) electrons. The Hall–Kier alpha value is -0.880. The van der Waals surface area contributed by atoms with Crippen molar-refractivity contribution in [3.05, 3.63) is 16.1 Å². The predicted octanol–water partition coefficient (Wildman–Crippen LogP) is 1.77. The number of rotatable bonds is 2. The summed E-state index contributed by atoms with van der Waals surface area (Å²) in [7, 11) is 0. The third kappa shape index (κ3) is 1.55. The zero-order valence-electron chi connectivity index (χ0n) is 5.79. The molecule has 2 nitrogen and oxygen atoms in total. The molecule has 0 aliphatic rings. The van der Waals surface area contributed by atoms with Crippen LogP contribution in [-0.2, 0) is 12.8 Å². The van der Waals surface area contributed by atoms with Crippen LogP contribution >= 0.6 is 11.3 Å². The summed E-state index contributed by atoms with van der Waals surface area (Å²) in [5.74, 6) is 0. The van der Waals surface area contributed by atoms with Gasteiger partial charge in [-0.3, -0.25) is 0 Å². The first-order chi connectivity index (χ1) is 4.86. The molecule has 0 aromatic carbocycles. The molecule has 1 heterocycles. The SMILES string of the molecule is CCc1ncc(CC#N)s1. The van der Waals surface area contributed by atoms with E-state index < -0.39 is 0 Å². The fourth-order valence-electron chi connectivity index (χ4n) is 0.671. The average Bonchev–Trinajstić information content (AvgIpc) is 2.37. The van der Waals surface area contributed by atoms with Crippen LogP contribution in [0.1, 0.15) is 16.8 Å². The van der Waals surface area contributed by atoms with Gasteiger partial charge in [-0.05, 0) is 6.42 Å². The van der Waals surface area contributed by atoms with E-state index in [-0.39, 0.29) is 0 Å². The largest absolute Gasteiger partial charge is 0.249 e. The molecule has 1 rings (SSSR count). The van der Waals surface area contributed by atoms with Crippen LogP contribution in [-0.4, -0.2) is 4.98 Å². The summed E-state index contributed by atoms with van der Waals surface area (Å²) in [6.45, 7) is 2.06. The molecule has 0 amide bonds. The molecule has 1 aromatic heterocycles. The molecule has 0 saturated carbocycles. The number of hydrogen-bond donors (Lipinski definition) is 0. The van der Waals surface area contributed by atoms with Crippen LogP contribution < -0.4 is 0 Å². The van der Waals surface area contributed by atoms with Gasteiger partial charge in [0.05, 0.1) is 17.5 Å². The van der Waals surface area contributed by atoms with Gasteiger partial charge in [0.25, 0.3) is 0 Å². The maximum Gasteiger partial charge on any atom is 0.0925 e. The van der Waals surface area contributed by atoms with Crippen molar-refractivity contribution in [1.29, 1.82) is 5.26 Å². The van der Waals surface area contributed by atoms with E-state index in [9.17, 15) is 0 Å². The molecule has 3 heteroatoms. The quantitative estimate of drug-likeness (QED) is 0.647. The van der Waals surface area contributed by atoms with Crippen LogP contribution in [0.25, 0.3) is 0 Å². The lowest BCUT2D eigenvalue weighted by molar-refractivity contribution is 1.09. The topological polar surface area (TPSA) is 36.7 Å². The van der Waals surface area contributed by atoms with Gasteiger partial charge in [-0.25, -0.2) is 4.98 Å². The Morgan fingerprint density at radius 3 is 3.10 bits per heavy atom. The van der Waals surface area contributed by atoms with Gasteiger partial charge in [0, 0.05) is 11.1 Å². The number of hydrogen-bond acceptors (Lipinski definition) is 3. The van der Waals surface area contributed by atoms with E-state index in [1.807, 2.05) is 0 Å². The fraction of sp³-hybridized carbons (Fsp3) is 0.429. The number of nitrogens with zero attached hydrogens (tertiary/aromatic N) is 2. The zero-order chi connectivity index (χ0) is 7.40. The van der Waals surface area contributed by atoms with Gasteiger partial charge in [-0.2, -0.15) is 5.26 Å². The Balaban J connectivity index is 2.70. The molecule has 0 aliphatic carbocycles. The van der Waals surface area contributed by atoms with Gasteiger partial charge in [-0.15, -0.1) is 11.3 Å². The molecule has 52 valence electrons. The Kier molecular flexibility index (Phi) is 2.41. The highest BCUT2D eigenvalue weighted by Gasteiger charge is 1.97. The molecule has 0 spiro atoms. The third-order valence-corrected chi connectivity index (χ3v) is 2.30. The van der Waals surface area contributed by atoms with Gasteiger partial charge in [0.2, 0.25) is 0 Å². The van der Waals surface area contributed by atoms with Crippen molar-refractivity contribution < 1.29 is 0 Å². The van der Waals surface area contributed by atoms with E-state index in [0.717, 1.165) is 16.3 Å². The highest BCUT2D eigenvalue weighted by Crippen LogP contribution is 2.12. The molecule has 10 heavy (non-hydrogen) atoms. The van der Waals surface area contributed by atoms with Crippen LogP contribution in [0.2, 0.25) is 0 Å². The van der Waals surface area contributed by atoms with Gasteiger partial charge in [-0.1, -0.05) is 6.92 Å². The van der Waals surface area contributed by atoms with Gasteiger partial charge in [0.15, 0.2) is 0 Å². The highest BCUT2D eigenvalue weighted by atomic mass is 32.1. The summed E-state index contributed by atoms with van der Waals surface area (Å²) in [4.78, 5) is 5.19. The summed E-state index contributed by atoms with van der Waals surface area (Å²) in [5, 5.41) is 9.45. The van der Waals surface area contributed by atoms with E-state index in [1.165, 1.54) is 0 Å². The summed E-state index contributed by atoms with van der Waals surface area (Å²) in [6, 6.07) is 2.09. The lowest BCUT2D eigenvalue weighted by Gasteiger charge is -1.80. The van der Waals surface area contributed by atoms with Crippen molar-refractivity contribution in [3.63, 3.8) is 0 Å². The van der Waals surface area contributed by atoms with E-state index >= 15 is 0 Å². The molecular weight excluding hydrogens is 144 g/mol. The molecule has 1 aromatic rings. The minimum atomic E-state index is 0.498. The Labute approximate surface area is 64.1 Å². The van der Waals surface area contributed by atoms with Crippen LogP contribution in [0.15, 0.2) is 6.20 Å². The molecule has 0 saturated heterocycles. The first-order valence-corrected chi connectivity index (χ1v) is 3.99. The molecule has 0 aliphatic heterocycles. The maximum absolute atomic E-state index is 8.33. The molecule has 0 bridgehead atoms. The number of nitriles is 1. The summed E-state index contributed by atoms with van der Waals surface area (Å²) >= 11 is 1.62. The summed E-state index contributed by atoms with van der Waals surface area (Å²) in [6.07, 6.45) is 3.25. The lowest BCUT2D eigenvalue weighted by atomic mass is 10.4. The zero-order valence-corrected chi connectivity index (χ0v) is 6.61. The van der Waals surface area contributed by atoms with E-state index in [4.69, 9.17) is 5.26 Å². The molecule has 0 atom stereocenters. The molecular formula is C7H8N2S. The van der Waals surface area contributed by atoms with Crippen molar-refractivity contribution in [2.24, 2.45) is 0 Å². The number of aryl methyl sites for hydroxylation is 1. The van der Waals surface area contributed by atoms with Gasteiger partial charge in [0.1, 0.15) is 0 Å². The Bertz CT molecular complexity index is 246. The summed E-state index contributed by atoms with van der Waals surface area (Å²) in [5.41, 5.74) is 0. The number of thiazole rings is 1. The first kappa shape index (κ1) is 7.23. The smallest absolute Gasteiger partial charge is 0.0925 e. The molecule has 0 unspecified atom stereocenters. The van der Waals surface area contributed by atoms with Gasteiger partial charge >= 0.3 is 0 Å². The second kappa shape index (κ2) is 3.33. The van der Waals surface area contributed by atoms with E-state index in [0.29, 0.717) is 6.42 Å². The van der Waals surface area contributed by atoms with E-state index in [1.54, 1.807) is 17.5 Å². The predicted molar refractivity (Wildman–Crippen MR) is 40.8 cm³/mol. The standard InChI is InChI=1S/C7H8N2S/c1-2-7-9-5-6(10-7)3-4-8/h5H,2-3H2,1H3. The first-order valence-electron chi connectivity index (χ1n) is 3.17. The van der Waals surface area contributed by atoms with Crippen molar-refractivity contribution >= 4 is 11.3 Å². The average molecular weight is 152 g/mol. The van der Waals surface area contributed by atoms with Crippen LogP contribution in [0.4, 0.5) is 0 Å². The third-order valence-electron chi connectivity index (χ3n) is 1.16. The fourth-order valence-corrected chi connectivity index (χ4v) is 1.47. The van der Waals surface area contributed by atoms with Crippen molar-refractivity contribution in [2.75, 3.05) is 0 Å². The molecule has 0 N–H and O–H groups in total. The monoisotopic (exact) mass is 152 g/mol. The second-order valence-electron chi connectivity index (χ2n) is 1.91. The Morgan fingerprint density at radius 1 is 1.80 bits per heavy atom. The number of aromatic nitrogens is 1. The van der Waals surface area contributed by atoms with Crippen molar-refractivity contribution in [1.82, 2.24) is 4.98 Å². The highest BCUT2D eigenvalue weighted by molar-refractivity contribution is 7.11. The minimum absolute atomic E-state index is 0.498. The van der Waals surface area contributed by atoms with E-state index in [2.05, 4.69) is 18.0 Å². The van der Waals surface area contributed by atoms with Crippen LogP contribution in [0.3, 0.4) is 0 Å². The maximum atomic E-state index is 8.33. The van der Waals surface area contributed by atoms with Crippen molar-refractivity contribution in [2.45, 2.75) is 19.8 Å². The summed E-state index contributed by atoms with van der Waals surface area (Å²) < 4.78 is 0. The van der Waals surface area contributed by atoms with Crippen molar-refractivity contribution in [3.8, 4) is 6.07 Å². The molecule has 0 fully saturated rings. The van der Waals surface area contributed by atoms with Crippen LogP contribution in [0, 0.1) is 11.3 Å². The minimum Gasteiger partial charge on any atom is -0.249 e. The van der Waals surface area contributed by atoms with Gasteiger partial charge < -0.3 is 0 Å². The second-order valence-corrected chi connectivity index (χ2v) is 3.11. The normalized spacial score (nSPS) is 9.20. The lowest BCUT2D eigenvalue weighted by Crippen LogP contribution is -1.70. The Morgan fingerprint density at radius 2 is 2.60 bits per heavy atom.